The van der Waals surface area contributed by atoms with Crippen molar-refractivity contribution in [3.05, 3.63) is 57.4 Å². The summed E-state index contributed by atoms with van der Waals surface area (Å²) in [5, 5.41) is 0.594. The number of benzene rings is 1. The second kappa shape index (κ2) is 7.77. The maximum Gasteiger partial charge on any atom is 0.251 e. The monoisotopic (exact) mass is 467 g/mol. The molecule has 0 radical (unpaired) electrons. The van der Waals surface area contributed by atoms with E-state index in [0.29, 0.717) is 22.7 Å². The van der Waals surface area contributed by atoms with Gasteiger partial charge in [0.05, 0.1) is 13.2 Å². The summed E-state index contributed by atoms with van der Waals surface area (Å²) in [7, 11) is 0. The summed E-state index contributed by atoms with van der Waals surface area (Å²) in [6.07, 6.45) is 1.40. The number of carbonyl (C=O) groups is 2. The molecule has 0 aliphatic carbocycles. The normalized spacial score (nSPS) is 20.5. The molecule has 4 rings (SSSR count). The molecule has 2 fully saturated rings. The Bertz CT molecular complexity index is 923. The van der Waals surface area contributed by atoms with E-state index in [1.54, 1.807) is 17.0 Å². The van der Waals surface area contributed by atoms with Crippen molar-refractivity contribution < 1.29 is 18.7 Å². The topological polar surface area (TPSA) is 62.7 Å². The van der Waals surface area contributed by atoms with Crippen LogP contribution in [0.3, 0.4) is 0 Å². The molecule has 1 aromatic carbocycles. The van der Waals surface area contributed by atoms with E-state index in [1.807, 2.05) is 12.1 Å². The molecule has 2 aliphatic heterocycles. The van der Waals surface area contributed by atoms with Crippen LogP contribution in [-0.2, 0) is 20.9 Å². The fourth-order valence-corrected chi connectivity index (χ4v) is 3.83. The number of halogens is 3. The van der Waals surface area contributed by atoms with Crippen molar-refractivity contribution in [1.29, 1.82) is 0 Å². The Morgan fingerprint density at radius 1 is 1.25 bits per heavy atom. The van der Waals surface area contributed by atoms with Crippen molar-refractivity contribution in [1.82, 2.24) is 9.88 Å². The summed E-state index contributed by atoms with van der Waals surface area (Å²) >= 11 is 9.07. The van der Waals surface area contributed by atoms with Crippen molar-refractivity contribution in [3.8, 4) is 0 Å². The van der Waals surface area contributed by atoms with Crippen LogP contribution < -0.4 is 4.90 Å². The number of piperazine rings is 1. The van der Waals surface area contributed by atoms with Gasteiger partial charge in [0.1, 0.15) is 12.6 Å². The van der Waals surface area contributed by atoms with E-state index in [4.69, 9.17) is 16.3 Å². The van der Waals surface area contributed by atoms with E-state index in [9.17, 15) is 14.0 Å². The highest BCUT2D eigenvalue weighted by molar-refractivity contribution is 9.10. The van der Waals surface area contributed by atoms with Gasteiger partial charge in [-0.25, -0.2) is 9.37 Å². The van der Waals surface area contributed by atoms with Crippen LogP contribution in [0.15, 0.2) is 41.0 Å². The fraction of sp³-hybridized carbons (Fsp3) is 0.316. The summed E-state index contributed by atoms with van der Waals surface area (Å²) in [5.74, 6) is -1.56. The number of hydrogen-bond acceptors (Lipinski definition) is 4. The van der Waals surface area contributed by atoms with Crippen molar-refractivity contribution >= 4 is 45.2 Å². The second-order valence-electron chi connectivity index (χ2n) is 6.77. The number of pyridine rings is 1. The Morgan fingerprint density at radius 2 is 1.96 bits per heavy atom. The van der Waals surface area contributed by atoms with Gasteiger partial charge in [-0.1, -0.05) is 23.7 Å². The van der Waals surface area contributed by atoms with E-state index in [-0.39, 0.29) is 36.6 Å². The minimum atomic E-state index is -0.726. The van der Waals surface area contributed by atoms with Gasteiger partial charge in [0.25, 0.3) is 5.91 Å². The largest absolute Gasteiger partial charge is 0.380 e. The Morgan fingerprint density at radius 3 is 2.57 bits per heavy atom. The number of anilines is 1. The molecule has 0 saturated carbocycles. The summed E-state index contributed by atoms with van der Waals surface area (Å²) in [6.45, 7) is 0.769. The lowest BCUT2D eigenvalue weighted by Gasteiger charge is -2.45. The number of hydrogen-bond donors (Lipinski definition) is 0. The van der Waals surface area contributed by atoms with E-state index in [1.165, 1.54) is 12.3 Å². The van der Waals surface area contributed by atoms with Crippen LogP contribution in [0.1, 0.15) is 5.56 Å². The first-order chi connectivity index (χ1) is 13.4. The molecule has 9 heteroatoms. The first kappa shape index (κ1) is 19.3. The van der Waals surface area contributed by atoms with Gasteiger partial charge in [-0.2, -0.15) is 0 Å². The van der Waals surface area contributed by atoms with Gasteiger partial charge in [0, 0.05) is 28.2 Å². The maximum absolute atomic E-state index is 14.4. The van der Waals surface area contributed by atoms with E-state index < -0.39 is 11.9 Å². The third-order valence-corrected chi connectivity index (χ3v) is 5.57. The molecule has 1 aromatic heterocycles. The van der Waals surface area contributed by atoms with Crippen LogP contribution in [-0.4, -0.2) is 47.5 Å². The molecule has 1 atom stereocenters. The zero-order valence-electron chi connectivity index (χ0n) is 14.6. The Hall–Kier alpha value is -2.03. The van der Waals surface area contributed by atoms with E-state index in [2.05, 4.69) is 20.9 Å². The highest BCUT2D eigenvalue weighted by Gasteiger charge is 2.47. The van der Waals surface area contributed by atoms with Crippen LogP contribution in [0.4, 0.5) is 10.2 Å². The van der Waals surface area contributed by atoms with Gasteiger partial charge in [0.15, 0.2) is 11.6 Å². The van der Waals surface area contributed by atoms with Gasteiger partial charge < -0.3 is 9.64 Å². The zero-order chi connectivity index (χ0) is 19.8. The lowest BCUT2D eigenvalue weighted by atomic mass is 9.92. The average Bonchev–Trinajstić information content (AvgIpc) is 2.61. The van der Waals surface area contributed by atoms with Gasteiger partial charge in [-0.05, 0) is 39.7 Å². The average molecular weight is 469 g/mol. The molecule has 2 saturated heterocycles. The molecule has 0 spiro atoms. The van der Waals surface area contributed by atoms with Crippen molar-refractivity contribution in [3.63, 3.8) is 0 Å². The number of amides is 2. The smallest absolute Gasteiger partial charge is 0.251 e. The van der Waals surface area contributed by atoms with Crippen LogP contribution in [0, 0.1) is 11.7 Å². The third kappa shape index (κ3) is 3.64. The van der Waals surface area contributed by atoms with Gasteiger partial charge in [0.2, 0.25) is 5.91 Å². The lowest BCUT2D eigenvalue weighted by molar-refractivity contribution is -0.155. The molecular formula is C19H16BrClFN3O3. The molecule has 2 aromatic rings. The standard InChI is InChI=1S/C19H16BrClFN3O3/c20-13-5-15(22)18(23-6-13)25-8-16(26)24(7-11-1-3-14(21)4-2-11)17(19(25)27)12-9-28-10-12/h1-6,12,17H,7-10H2. The zero-order valence-corrected chi connectivity index (χ0v) is 17.0. The van der Waals surface area contributed by atoms with Crippen molar-refractivity contribution in [2.75, 3.05) is 24.7 Å². The number of nitrogens with zero attached hydrogens (tertiary/aromatic N) is 3. The second-order valence-corrected chi connectivity index (χ2v) is 8.13. The number of rotatable bonds is 4. The number of aromatic nitrogens is 1. The molecule has 146 valence electrons. The first-order valence-corrected chi connectivity index (χ1v) is 9.85. The highest BCUT2D eigenvalue weighted by Crippen LogP contribution is 2.30. The highest BCUT2D eigenvalue weighted by atomic mass is 79.9. The Kier molecular flexibility index (Phi) is 5.35. The lowest BCUT2D eigenvalue weighted by Crippen LogP contribution is -2.65. The summed E-state index contributed by atoms with van der Waals surface area (Å²) in [4.78, 5) is 32.9. The molecular weight excluding hydrogens is 453 g/mol. The summed E-state index contributed by atoms with van der Waals surface area (Å²) < 4.78 is 20.1. The number of carbonyl (C=O) groups excluding carboxylic acids is 2. The quantitative estimate of drug-likeness (QED) is 0.692. The van der Waals surface area contributed by atoms with Gasteiger partial charge in [-0.3, -0.25) is 14.5 Å². The SMILES string of the molecule is O=C1C(C2COC2)N(Cc2ccc(Cl)cc2)C(=O)CN1c1ncc(Br)cc1F. The first-order valence-electron chi connectivity index (χ1n) is 8.68. The predicted octanol–water partition coefficient (Wildman–Crippen LogP) is 3.03. The van der Waals surface area contributed by atoms with Gasteiger partial charge in [-0.15, -0.1) is 0 Å². The predicted molar refractivity (Wildman–Crippen MR) is 104 cm³/mol. The maximum atomic E-state index is 14.4. The summed E-state index contributed by atoms with van der Waals surface area (Å²) in [5.41, 5.74) is 0.859. The molecule has 3 heterocycles. The van der Waals surface area contributed by atoms with Crippen LogP contribution in [0.2, 0.25) is 5.02 Å². The van der Waals surface area contributed by atoms with E-state index in [0.717, 1.165) is 10.5 Å². The van der Waals surface area contributed by atoms with Crippen molar-refractivity contribution in [2.24, 2.45) is 5.92 Å². The Labute approximate surface area is 174 Å². The Balaban J connectivity index is 1.65. The molecule has 2 amide bonds. The molecule has 6 nitrogen and oxygen atoms in total. The van der Waals surface area contributed by atoms with Crippen LogP contribution >= 0.6 is 27.5 Å². The minimum Gasteiger partial charge on any atom is -0.380 e. The van der Waals surface area contributed by atoms with Gasteiger partial charge >= 0.3 is 0 Å². The molecule has 2 aliphatic rings. The molecule has 0 bridgehead atoms. The molecule has 1 unspecified atom stereocenters. The van der Waals surface area contributed by atoms with Crippen LogP contribution in [0.5, 0.6) is 0 Å². The minimum absolute atomic E-state index is 0.134. The van der Waals surface area contributed by atoms with Crippen molar-refractivity contribution in [2.45, 2.75) is 12.6 Å². The van der Waals surface area contributed by atoms with E-state index >= 15 is 0 Å². The summed E-state index contributed by atoms with van der Waals surface area (Å²) in [6, 6.07) is 7.61. The third-order valence-electron chi connectivity index (χ3n) is 4.89. The molecule has 0 N–H and O–H groups in total. The fourth-order valence-electron chi connectivity index (χ4n) is 3.40. The number of ether oxygens (including phenoxy) is 1. The molecule has 28 heavy (non-hydrogen) atoms. The van der Waals surface area contributed by atoms with Crippen LogP contribution in [0.25, 0.3) is 0 Å².